The van der Waals surface area contributed by atoms with Crippen LogP contribution in [0.3, 0.4) is 0 Å². The third kappa shape index (κ3) is 6.15. The molecule has 0 aliphatic rings. The first kappa shape index (κ1) is 16.6. The van der Waals surface area contributed by atoms with E-state index in [1.165, 1.54) is 19.3 Å². The maximum absolute atomic E-state index is 11.9. The number of amides is 1. The van der Waals surface area contributed by atoms with E-state index in [-0.39, 0.29) is 5.91 Å². The molecule has 0 fully saturated rings. The van der Waals surface area contributed by atoms with Gasteiger partial charge in [0.1, 0.15) is 12.1 Å². The molecule has 0 unspecified atom stereocenters. The van der Waals surface area contributed by atoms with Crippen molar-refractivity contribution in [2.24, 2.45) is 0 Å². The number of carbonyl (C=O) groups is 1. The zero-order chi connectivity index (χ0) is 14.8. The minimum atomic E-state index is 0.0448. The normalized spacial score (nSPS) is 10.6. The number of aryl methyl sites for hydroxylation is 1. The molecule has 1 heterocycles. The van der Waals surface area contributed by atoms with Gasteiger partial charge in [0, 0.05) is 33.2 Å². The second-order valence-electron chi connectivity index (χ2n) is 5.37. The Bertz CT molecular complexity index is 405. The number of aromatic nitrogens is 1. The Morgan fingerprint density at radius 1 is 1.15 bits per heavy atom. The molecule has 0 saturated carbocycles. The van der Waals surface area contributed by atoms with Gasteiger partial charge >= 0.3 is 0 Å². The van der Waals surface area contributed by atoms with Crippen molar-refractivity contribution in [3.8, 4) is 0 Å². The molecule has 4 nitrogen and oxygen atoms in total. The second kappa shape index (κ2) is 9.48. The van der Waals surface area contributed by atoms with Gasteiger partial charge in [-0.15, -0.1) is 0 Å². The molecule has 0 spiro atoms. The van der Waals surface area contributed by atoms with Crippen LogP contribution in [0, 0.1) is 0 Å². The Labute approximate surface area is 122 Å². The molecule has 0 aliphatic heterocycles. The largest absolute Gasteiger partial charge is 0.396 e. The maximum atomic E-state index is 11.9. The molecule has 1 amide bonds. The van der Waals surface area contributed by atoms with Crippen LogP contribution in [0.25, 0.3) is 0 Å². The SMILES string of the molecule is CN(C)C(=O)c1ccc[n+](CCCCCCCCO)c1. The number of aliphatic hydroxyl groups excluding tert-OH is 1. The van der Waals surface area contributed by atoms with E-state index in [4.69, 9.17) is 5.11 Å². The van der Waals surface area contributed by atoms with Gasteiger partial charge in [-0.3, -0.25) is 4.79 Å². The molecule has 1 aromatic rings. The summed E-state index contributed by atoms with van der Waals surface area (Å²) in [7, 11) is 3.54. The average Bonchev–Trinajstić information content (AvgIpc) is 2.45. The van der Waals surface area contributed by atoms with Gasteiger partial charge in [0.05, 0.1) is 0 Å². The van der Waals surface area contributed by atoms with Crippen LogP contribution in [0.5, 0.6) is 0 Å². The van der Waals surface area contributed by atoms with E-state index in [1.807, 2.05) is 24.5 Å². The van der Waals surface area contributed by atoms with Crippen molar-refractivity contribution in [2.45, 2.75) is 45.1 Å². The van der Waals surface area contributed by atoms with Gasteiger partial charge in [0.25, 0.3) is 5.91 Å². The summed E-state index contributed by atoms with van der Waals surface area (Å²) in [5, 5.41) is 8.69. The molecule has 4 heteroatoms. The zero-order valence-electron chi connectivity index (χ0n) is 12.7. The van der Waals surface area contributed by atoms with E-state index in [0.29, 0.717) is 6.61 Å². The fourth-order valence-electron chi connectivity index (χ4n) is 2.16. The van der Waals surface area contributed by atoms with Crippen molar-refractivity contribution in [3.05, 3.63) is 30.1 Å². The van der Waals surface area contributed by atoms with Gasteiger partial charge in [-0.2, -0.15) is 0 Å². The molecule has 0 aromatic carbocycles. The Balaban J connectivity index is 2.30. The minimum Gasteiger partial charge on any atom is -0.396 e. The highest BCUT2D eigenvalue weighted by atomic mass is 16.2. The van der Waals surface area contributed by atoms with Crippen LogP contribution in [0.2, 0.25) is 0 Å². The Morgan fingerprint density at radius 3 is 2.45 bits per heavy atom. The summed E-state index contributed by atoms with van der Waals surface area (Å²) < 4.78 is 2.09. The molecule has 20 heavy (non-hydrogen) atoms. The number of unbranched alkanes of at least 4 members (excludes halogenated alkanes) is 5. The van der Waals surface area contributed by atoms with E-state index >= 15 is 0 Å². The molecule has 1 rings (SSSR count). The number of hydrogen-bond acceptors (Lipinski definition) is 2. The molecule has 0 bridgehead atoms. The first-order chi connectivity index (χ1) is 9.65. The lowest BCUT2D eigenvalue weighted by Crippen LogP contribution is -2.35. The van der Waals surface area contributed by atoms with Crippen molar-refractivity contribution < 1.29 is 14.5 Å². The van der Waals surface area contributed by atoms with E-state index in [1.54, 1.807) is 19.0 Å². The summed E-state index contributed by atoms with van der Waals surface area (Å²) in [6, 6.07) is 3.78. The quantitative estimate of drug-likeness (QED) is 0.555. The van der Waals surface area contributed by atoms with Crippen LogP contribution in [0.15, 0.2) is 24.5 Å². The summed E-state index contributed by atoms with van der Waals surface area (Å²) in [6.07, 6.45) is 10.7. The Kier molecular flexibility index (Phi) is 7.88. The van der Waals surface area contributed by atoms with Crippen LogP contribution >= 0.6 is 0 Å². The number of nitrogens with zero attached hydrogens (tertiary/aromatic N) is 2. The maximum Gasteiger partial charge on any atom is 0.259 e. The number of pyridine rings is 1. The van der Waals surface area contributed by atoms with Crippen LogP contribution in [0.4, 0.5) is 0 Å². The number of rotatable bonds is 9. The lowest BCUT2D eigenvalue weighted by Gasteiger charge is -2.08. The zero-order valence-corrected chi connectivity index (χ0v) is 12.7. The predicted octanol–water partition coefficient (Wildman–Crippen LogP) is 2.01. The molecular formula is C16H27N2O2+. The molecular weight excluding hydrogens is 252 g/mol. The van der Waals surface area contributed by atoms with E-state index < -0.39 is 0 Å². The first-order valence-electron chi connectivity index (χ1n) is 7.47. The standard InChI is InChI=1S/C16H27N2O2/c1-17(2)16(20)15-10-9-12-18(14-15)11-7-5-3-4-6-8-13-19/h9-10,12,14,19H,3-8,11,13H2,1-2H3/q+1. The Morgan fingerprint density at radius 2 is 1.80 bits per heavy atom. The summed E-state index contributed by atoms with van der Waals surface area (Å²) in [4.78, 5) is 13.5. The van der Waals surface area contributed by atoms with Gasteiger partial charge < -0.3 is 10.0 Å². The summed E-state index contributed by atoms with van der Waals surface area (Å²) in [5.74, 6) is 0.0448. The highest BCUT2D eigenvalue weighted by molar-refractivity contribution is 5.93. The van der Waals surface area contributed by atoms with Crippen molar-refractivity contribution in [1.29, 1.82) is 0 Å². The molecule has 0 aliphatic carbocycles. The lowest BCUT2D eigenvalue weighted by atomic mass is 10.1. The molecule has 112 valence electrons. The monoisotopic (exact) mass is 279 g/mol. The molecule has 0 atom stereocenters. The first-order valence-corrected chi connectivity index (χ1v) is 7.47. The highest BCUT2D eigenvalue weighted by Crippen LogP contribution is 2.05. The van der Waals surface area contributed by atoms with Crippen molar-refractivity contribution in [3.63, 3.8) is 0 Å². The van der Waals surface area contributed by atoms with E-state index in [0.717, 1.165) is 31.4 Å². The third-order valence-corrected chi connectivity index (χ3v) is 3.34. The number of hydrogen-bond donors (Lipinski definition) is 1. The summed E-state index contributed by atoms with van der Waals surface area (Å²) in [5.41, 5.74) is 0.737. The van der Waals surface area contributed by atoms with Crippen LogP contribution < -0.4 is 4.57 Å². The molecule has 1 N–H and O–H groups in total. The van der Waals surface area contributed by atoms with Gasteiger partial charge in [0.2, 0.25) is 0 Å². The van der Waals surface area contributed by atoms with E-state index in [2.05, 4.69) is 4.57 Å². The summed E-state index contributed by atoms with van der Waals surface area (Å²) in [6.45, 7) is 1.26. The van der Waals surface area contributed by atoms with Crippen LogP contribution in [-0.4, -0.2) is 36.6 Å². The van der Waals surface area contributed by atoms with Gasteiger partial charge in [-0.05, 0) is 18.9 Å². The average molecular weight is 279 g/mol. The predicted molar refractivity (Wildman–Crippen MR) is 79.4 cm³/mol. The highest BCUT2D eigenvalue weighted by Gasteiger charge is 2.11. The fraction of sp³-hybridized carbons (Fsp3) is 0.625. The fourth-order valence-corrected chi connectivity index (χ4v) is 2.16. The van der Waals surface area contributed by atoms with Gasteiger partial charge in [-0.1, -0.05) is 19.3 Å². The molecule has 0 radical (unpaired) electrons. The topological polar surface area (TPSA) is 44.4 Å². The van der Waals surface area contributed by atoms with Crippen molar-refractivity contribution in [2.75, 3.05) is 20.7 Å². The van der Waals surface area contributed by atoms with Crippen LogP contribution in [-0.2, 0) is 6.54 Å². The second-order valence-corrected chi connectivity index (χ2v) is 5.37. The minimum absolute atomic E-state index is 0.0448. The van der Waals surface area contributed by atoms with Gasteiger partial charge in [-0.25, -0.2) is 4.57 Å². The van der Waals surface area contributed by atoms with Gasteiger partial charge in [0.15, 0.2) is 12.4 Å². The Hall–Kier alpha value is -1.42. The molecule has 0 saturated heterocycles. The lowest BCUT2D eigenvalue weighted by molar-refractivity contribution is -0.697. The smallest absolute Gasteiger partial charge is 0.259 e. The number of aliphatic hydroxyl groups is 1. The third-order valence-electron chi connectivity index (χ3n) is 3.34. The van der Waals surface area contributed by atoms with Crippen molar-refractivity contribution >= 4 is 5.91 Å². The van der Waals surface area contributed by atoms with Crippen molar-refractivity contribution in [1.82, 2.24) is 4.90 Å². The van der Waals surface area contributed by atoms with Crippen LogP contribution in [0.1, 0.15) is 48.9 Å². The number of carbonyl (C=O) groups excluding carboxylic acids is 1. The van der Waals surface area contributed by atoms with E-state index in [9.17, 15) is 4.79 Å². The summed E-state index contributed by atoms with van der Waals surface area (Å²) >= 11 is 0. The molecule has 1 aromatic heterocycles.